The molecule has 3 rings (SSSR count). The third-order valence-corrected chi connectivity index (χ3v) is 4.40. The predicted molar refractivity (Wildman–Crippen MR) is 85.5 cm³/mol. The van der Waals surface area contributed by atoms with Crippen molar-refractivity contribution in [3.05, 3.63) is 65.0 Å². The van der Waals surface area contributed by atoms with Crippen LogP contribution >= 0.6 is 11.3 Å². The van der Waals surface area contributed by atoms with Gasteiger partial charge in [-0.05, 0) is 41.3 Å². The molecule has 1 heterocycles. The lowest BCUT2D eigenvalue weighted by Crippen LogP contribution is -2.27. The standard InChI is InChI=1S/C17H14F3NOS/c18-11-3-1-2-10(8-11)16(14(20)9-21)22-17-12-6-7-23-15(12)5-4-13(17)19/h1-8,14,16H,9,21H2/t14-,16-/m0/s1. The number of benzene rings is 2. The number of ether oxygens (including phenoxy) is 1. The summed E-state index contributed by atoms with van der Waals surface area (Å²) in [6.45, 7) is -0.317. The van der Waals surface area contributed by atoms with Crippen LogP contribution in [0.25, 0.3) is 10.1 Å². The SMILES string of the molecule is NC[C@H](F)[C@@H](Oc1c(F)ccc2sccc12)c1cccc(F)c1. The second kappa shape index (κ2) is 6.60. The average Bonchev–Trinajstić information content (AvgIpc) is 3.02. The molecule has 2 atom stereocenters. The van der Waals surface area contributed by atoms with E-state index in [1.807, 2.05) is 0 Å². The lowest BCUT2D eigenvalue weighted by molar-refractivity contribution is 0.102. The highest BCUT2D eigenvalue weighted by Gasteiger charge is 2.26. The Hall–Kier alpha value is -2.05. The van der Waals surface area contributed by atoms with Gasteiger partial charge >= 0.3 is 0 Å². The number of nitrogens with two attached hydrogens (primary N) is 1. The fourth-order valence-electron chi connectivity index (χ4n) is 2.40. The minimum absolute atomic E-state index is 0.0471. The molecule has 0 aliphatic carbocycles. The number of alkyl halides is 1. The molecule has 0 unspecified atom stereocenters. The molecule has 0 saturated heterocycles. The van der Waals surface area contributed by atoms with Gasteiger partial charge in [0.05, 0.1) is 0 Å². The maximum atomic E-state index is 14.3. The molecule has 23 heavy (non-hydrogen) atoms. The van der Waals surface area contributed by atoms with Crippen LogP contribution in [0.15, 0.2) is 47.8 Å². The first kappa shape index (κ1) is 15.8. The van der Waals surface area contributed by atoms with Crippen LogP contribution in [0.5, 0.6) is 5.75 Å². The van der Waals surface area contributed by atoms with Gasteiger partial charge in [0.1, 0.15) is 5.82 Å². The van der Waals surface area contributed by atoms with Crippen LogP contribution in [0.4, 0.5) is 13.2 Å². The molecule has 2 N–H and O–H groups in total. The molecule has 0 bridgehead atoms. The van der Waals surface area contributed by atoms with Crippen molar-refractivity contribution in [2.75, 3.05) is 6.54 Å². The second-order valence-corrected chi connectivity index (χ2v) is 6.00. The van der Waals surface area contributed by atoms with E-state index in [1.165, 1.54) is 41.7 Å². The van der Waals surface area contributed by atoms with Gasteiger partial charge in [-0.25, -0.2) is 13.2 Å². The lowest BCUT2D eigenvalue weighted by atomic mass is 10.0. The first-order valence-electron chi connectivity index (χ1n) is 7.02. The highest BCUT2D eigenvalue weighted by atomic mass is 32.1. The van der Waals surface area contributed by atoms with Gasteiger partial charge in [-0.3, -0.25) is 0 Å². The van der Waals surface area contributed by atoms with E-state index in [2.05, 4.69) is 0 Å². The van der Waals surface area contributed by atoms with Gasteiger partial charge in [-0.15, -0.1) is 11.3 Å². The summed E-state index contributed by atoms with van der Waals surface area (Å²) in [4.78, 5) is 0. The zero-order valence-corrected chi connectivity index (χ0v) is 12.8. The first-order valence-corrected chi connectivity index (χ1v) is 7.90. The Morgan fingerprint density at radius 1 is 1.13 bits per heavy atom. The Kier molecular flexibility index (Phi) is 4.54. The normalized spacial score (nSPS) is 13.9. The zero-order valence-electron chi connectivity index (χ0n) is 12.0. The maximum Gasteiger partial charge on any atom is 0.165 e. The molecular formula is C17H14F3NOS. The van der Waals surface area contributed by atoms with Gasteiger partial charge in [0.2, 0.25) is 0 Å². The van der Waals surface area contributed by atoms with Crippen molar-refractivity contribution in [2.24, 2.45) is 5.73 Å². The van der Waals surface area contributed by atoms with Gasteiger partial charge in [0, 0.05) is 16.6 Å². The summed E-state index contributed by atoms with van der Waals surface area (Å²) in [6, 6.07) is 10.0. The molecule has 0 aliphatic heterocycles. The summed E-state index contributed by atoms with van der Waals surface area (Å²) < 4.78 is 48.3. The molecule has 120 valence electrons. The van der Waals surface area contributed by atoms with E-state index in [4.69, 9.17) is 10.5 Å². The summed E-state index contributed by atoms with van der Waals surface area (Å²) >= 11 is 1.42. The molecule has 0 radical (unpaired) electrons. The summed E-state index contributed by atoms with van der Waals surface area (Å²) in [5, 5.41) is 2.35. The van der Waals surface area contributed by atoms with Crippen molar-refractivity contribution < 1.29 is 17.9 Å². The quantitative estimate of drug-likeness (QED) is 0.739. The Balaban J connectivity index is 2.04. The van der Waals surface area contributed by atoms with Crippen LogP contribution in [0.3, 0.4) is 0 Å². The van der Waals surface area contributed by atoms with E-state index in [1.54, 1.807) is 17.5 Å². The predicted octanol–water partition coefficient (Wildman–Crippen LogP) is 4.60. The van der Waals surface area contributed by atoms with Crippen LogP contribution in [0.2, 0.25) is 0 Å². The van der Waals surface area contributed by atoms with Gasteiger partial charge in [-0.1, -0.05) is 12.1 Å². The monoisotopic (exact) mass is 337 g/mol. The number of hydrogen-bond acceptors (Lipinski definition) is 3. The van der Waals surface area contributed by atoms with Crippen molar-refractivity contribution in [3.63, 3.8) is 0 Å². The number of fused-ring (bicyclic) bond motifs is 1. The van der Waals surface area contributed by atoms with E-state index in [-0.39, 0.29) is 17.9 Å². The average molecular weight is 337 g/mol. The number of rotatable bonds is 5. The summed E-state index contributed by atoms with van der Waals surface area (Å²) in [5.41, 5.74) is 5.66. The molecule has 0 saturated carbocycles. The number of halogens is 3. The van der Waals surface area contributed by atoms with Crippen LogP contribution in [-0.2, 0) is 0 Å². The Morgan fingerprint density at radius 3 is 2.70 bits per heavy atom. The Bertz CT molecular complexity index is 820. The van der Waals surface area contributed by atoms with Crippen LogP contribution < -0.4 is 10.5 Å². The van der Waals surface area contributed by atoms with Crippen LogP contribution in [-0.4, -0.2) is 12.7 Å². The molecule has 3 aromatic rings. The summed E-state index contributed by atoms with van der Waals surface area (Å²) in [5.74, 6) is -1.16. The van der Waals surface area contributed by atoms with Gasteiger partial charge in [-0.2, -0.15) is 0 Å². The van der Waals surface area contributed by atoms with E-state index in [0.29, 0.717) is 5.39 Å². The molecule has 0 spiro atoms. The maximum absolute atomic E-state index is 14.3. The minimum atomic E-state index is -1.59. The second-order valence-electron chi connectivity index (χ2n) is 5.05. The zero-order chi connectivity index (χ0) is 16.4. The van der Waals surface area contributed by atoms with Crippen molar-refractivity contribution >= 4 is 21.4 Å². The first-order chi connectivity index (χ1) is 11.1. The third kappa shape index (κ3) is 3.18. The van der Waals surface area contributed by atoms with Gasteiger partial charge in [0.15, 0.2) is 23.8 Å². The largest absolute Gasteiger partial charge is 0.479 e. The number of hydrogen-bond donors (Lipinski definition) is 1. The molecule has 0 aliphatic rings. The van der Waals surface area contributed by atoms with E-state index >= 15 is 0 Å². The van der Waals surface area contributed by atoms with Crippen molar-refractivity contribution in [1.29, 1.82) is 0 Å². The molecule has 2 aromatic carbocycles. The molecular weight excluding hydrogens is 323 g/mol. The molecule has 0 amide bonds. The van der Waals surface area contributed by atoms with E-state index in [0.717, 1.165) is 4.70 Å². The van der Waals surface area contributed by atoms with E-state index in [9.17, 15) is 13.2 Å². The topological polar surface area (TPSA) is 35.2 Å². The molecule has 2 nitrogen and oxygen atoms in total. The third-order valence-electron chi connectivity index (χ3n) is 3.51. The summed E-state index contributed by atoms with van der Waals surface area (Å²) in [7, 11) is 0. The van der Waals surface area contributed by atoms with Crippen LogP contribution in [0.1, 0.15) is 11.7 Å². The minimum Gasteiger partial charge on any atom is -0.479 e. The fourth-order valence-corrected chi connectivity index (χ4v) is 3.18. The van der Waals surface area contributed by atoms with Crippen molar-refractivity contribution in [3.8, 4) is 5.75 Å². The molecule has 1 aromatic heterocycles. The van der Waals surface area contributed by atoms with Crippen LogP contribution in [0, 0.1) is 11.6 Å². The molecule has 0 fully saturated rings. The Morgan fingerprint density at radius 2 is 1.96 bits per heavy atom. The number of thiophene rings is 1. The van der Waals surface area contributed by atoms with Gasteiger partial charge < -0.3 is 10.5 Å². The Labute approximate surface area is 135 Å². The fraction of sp³-hybridized carbons (Fsp3) is 0.176. The van der Waals surface area contributed by atoms with Gasteiger partial charge in [0.25, 0.3) is 0 Å². The summed E-state index contributed by atoms with van der Waals surface area (Å²) in [6.07, 6.45) is -2.78. The highest BCUT2D eigenvalue weighted by Crippen LogP contribution is 2.36. The highest BCUT2D eigenvalue weighted by molar-refractivity contribution is 7.17. The van der Waals surface area contributed by atoms with Crippen molar-refractivity contribution in [1.82, 2.24) is 0 Å². The molecule has 6 heteroatoms. The van der Waals surface area contributed by atoms with E-state index < -0.39 is 23.9 Å². The lowest BCUT2D eigenvalue weighted by Gasteiger charge is -2.23. The van der Waals surface area contributed by atoms with Crippen molar-refractivity contribution in [2.45, 2.75) is 12.3 Å². The smallest absolute Gasteiger partial charge is 0.165 e.